The van der Waals surface area contributed by atoms with E-state index in [9.17, 15) is 4.39 Å². The van der Waals surface area contributed by atoms with Crippen molar-refractivity contribution in [3.05, 3.63) is 35.1 Å². The highest BCUT2D eigenvalue weighted by Gasteiger charge is 2.28. The molecule has 1 saturated heterocycles. The summed E-state index contributed by atoms with van der Waals surface area (Å²) in [5, 5.41) is 15.7. The molecule has 3 N–H and O–H groups in total. The molecule has 0 atom stereocenters. The Morgan fingerprint density at radius 2 is 2.00 bits per heavy atom. The highest BCUT2D eigenvalue weighted by molar-refractivity contribution is 14.0. The number of nitrogens with one attached hydrogen (secondary N) is 2. The molecule has 0 radical (unpaired) electrons. The van der Waals surface area contributed by atoms with E-state index < -0.39 is 0 Å². The van der Waals surface area contributed by atoms with Crippen molar-refractivity contribution in [2.75, 3.05) is 39.9 Å². The van der Waals surface area contributed by atoms with Gasteiger partial charge < -0.3 is 20.5 Å². The number of morpholine rings is 1. The number of guanidine groups is 1. The number of benzene rings is 1. The average Bonchev–Trinajstić information content (AvgIpc) is 2.63. The van der Waals surface area contributed by atoms with E-state index >= 15 is 0 Å². The summed E-state index contributed by atoms with van der Waals surface area (Å²) in [6, 6.07) is 4.74. The molecule has 1 aliphatic rings. The Morgan fingerprint density at radius 3 is 2.62 bits per heavy atom. The van der Waals surface area contributed by atoms with E-state index in [1.165, 1.54) is 6.07 Å². The molecular weight excluding hydrogens is 450 g/mol. The van der Waals surface area contributed by atoms with Gasteiger partial charge in [0.1, 0.15) is 5.82 Å². The molecule has 0 bridgehead atoms. The molecule has 0 amide bonds. The first-order valence-corrected chi connectivity index (χ1v) is 8.62. The van der Waals surface area contributed by atoms with Crippen molar-refractivity contribution in [1.29, 1.82) is 0 Å². The predicted octanol–water partition coefficient (Wildman–Crippen LogP) is 1.71. The van der Waals surface area contributed by atoms with Gasteiger partial charge in [-0.2, -0.15) is 0 Å². The molecule has 1 aliphatic heterocycles. The molecule has 0 spiro atoms. The SMILES string of the molecule is CN=C(NCc1ccc(F)c(CO)c1)NCC(C)(C)N1CCOCC1.I. The molecule has 0 unspecified atom stereocenters. The van der Waals surface area contributed by atoms with Gasteiger partial charge in [0.15, 0.2) is 5.96 Å². The van der Waals surface area contributed by atoms with Crippen LogP contribution in [0, 0.1) is 5.82 Å². The van der Waals surface area contributed by atoms with Crippen LogP contribution in [0.2, 0.25) is 0 Å². The second-order valence-corrected chi connectivity index (χ2v) is 6.78. The summed E-state index contributed by atoms with van der Waals surface area (Å²) in [7, 11) is 1.72. The number of aliphatic hydroxyl groups is 1. The number of aliphatic hydroxyl groups excluding tert-OH is 1. The normalized spacial score (nSPS) is 16.1. The van der Waals surface area contributed by atoms with Gasteiger partial charge in [-0.1, -0.05) is 6.07 Å². The monoisotopic (exact) mass is 480 g/mol. The zero-order chi connectivity index (χ0) is 18.3. The van der Waals surface area contributed by atoms with Crippen LogP contribution in [0.3, 0.4) is 0 Å². The van der Waals surface area contributed by atoms with Crippen LogP contribution in [0.4, 0.5) is 4.39 Å². The second kappa shape index (κ2) is 11.0. The Kier molecular flexibility index (Phi) is 9.77. The number of aliphatic imine (C=N–C) groups is 1. The van der Waals surface area contributed by atoms with Crippen molar-refractivity contribution in [1.82, 2.24) is 15.5 Å². The van der Waals surface area contributed by atoms with Crippen molar-refractivity contribution < 1.29 is 14.2 Å². The molecule has 8 heteroatoms. The third-order valence-corrected chi connectivity index (χ3v) is 4.52. The van der Waals surface area contributed by atoms with Crippen LogP contribution in [0.25, 0.3) is 0 Å². The van der Waals surface area contributed by atoms with Crippen LogP contribution in [-0.4, -0.2) is 61.4 Å². The Morgan fingerprint density at radius 1 is 1.31 bits per heavy atom. The molecule has 0 aromatic heterocycles. The number of halogens is 2. The van der Waals surface area contributed by atoms with Gasteiger partial charge in [0.2, 0.25) is 0 Å². The third kappa shape index (κ3) is 6.64. The fraction of sp³-hybridized carbons (Fsp3) is 0.611. The highest BCUT2D eigenvalue weighted by atomic mass is 127. The van der Waals surface area contributed by atoms with E-state index in [1.54, 1.807) is 19.2 Å². The van der Waals surface area contributed by atoms with Gasteiger partial charge in [0, 0.05) is 44.3 Å². The van der Waals surface area contributed by atoms with Crippen LogP contribution in [0.15, 0.2) is 23.2 Å². The van der Waals surface area contributed by atoms with E-state index in [0.29, 0.717) is 18.1 Å². The molecule has 1 fully saturated rings. The lowest BCUT2D eigenvalue weighted by molar-refractivity contribution is -0.00834. The Bertz CT molecular complexity index is 593. The van der Waals surface area contributed by atoms with Crippen LogP contribution in [0.1, 0.15) is 25.0 Å². The largest absolute Gasteiger partial charge is 0.392 e. The first kappa shape index (κ1) is 23.1. The summed E-state index contributed by atoms with van der Waals surface area (Å²) in [5.41, 5.74) is 1.18. The minimum atomic E-state index is -0.388. The molecule has 0 aliphatic carbocycles. The molecular formula is C18H30FIN4O2. The van der Waals surface area contributed by atoms with Crippen molar-refractivity contribution in [2.24, 2.45) is 4.99 Å². The molecule has 26 heavy (non-hydrogen) atoms. The van der Waals surface area contributed by atoms with Crippen LogP contribution in [0.5, 0.6) is 0 Å². The average molecular weight is 480 g/mol. The van der Waals surface area contributed by atoms with E-state index in [1.807, 2.05) is 0 Å². The Balaban J connectivity index is 0.00000338. The zero-order valence-corrected chi connectivity index (χ0v) is 18.0. The van der Waals surface area contributed by atoms with Gasteiger partial charge in [-0.25, -0.2) is 4.39 Å². The minimum absolute atomic E-state index is 0. The van der Waals surface area contributed by atoms with E-state index in [2.05, 4.69) is 34.4 Å². The Hall–Kier alpha value is -0.970. The number of nitrogens with zero attached hydrogens (tertiary/aromatic N) is 2. The van der Waals surface area contributed by atoms with Crippen molar-refractivity contribution in [3.8, 4) is 0 Å². The third-order valence-electron chi connectivity index (χ3n) is 4.52. The summed E-state index contributed by atoms with van der Waals surface area (Å²) in [6.45, 7) is 8.75. The first-order chi connectivity index (χ1) is 12.0. The Labute approximate surface area is 172 Å². The molecule has 0 saturated carbocycles. The van der Waals surface area contributed by atoms with Gasteiger partial charge in [-0.3, -0.25) is 9.89 Å². The summed E-state index contributed by atoms with van der Waals surface area (Å²) < 4.78 is 18.8. The maximum Gasteiger partial charge on any atom is 0.191 e. The number of rotatable bonds is 6. The summed E-state index contributed by atoms with van der Waals surface area (Å²) in [5.74, 6) is 0.303. The van der Waals surface area contributed by atoms with E-state index in [-0.39, 0.29) is 41.9 Å². The van der Waals surface area contributed by atoms with Crippen LogP contribution >= 0.6 is 24.0 Å². The van der Waals surface area contributed by atoms with Gasteiger partial charge >= 0.3 is 0 Å². The molecule has 1 heterocycles. The fourth-order valence-corrected chi connectivity index (χ4v) is 2.85. The van der Waals surface area contributed by atoms with Gasteiger partial charge in [0.05, 0.1) is 19.8 Å². The van der Waals surface area contributed by atoms with Crippen molar-refractivity contribution in [3.63, 3.8) is 0 Å². The summed E-state index contributed by atoms with van der Waals surface area (Å²) in [4.78, 5) is 6.65. The quantitative estimate of drug-likeness (QED) is 0.329. The minimum Gasteiger partial charge on any atom is -0.392 e. The second-order valence-electron chi connectivity index (χ2n) is 6.78. The van der Waals surface area contributed by atoms with Gasteiger partial charge in [0.25, 0.3) is 0 Å². The zero-order valence-electron chi connectivity index (χ0n) is 15.7. The standard InChI is InChI=1S/C18H29FN4O2.HI/c1-18(2,23-6-8-25-9-7-23)13-22-17(20-3)21-11-14-4-5-16(19)15(10-14)12-24;/h4-5,10,24H,6-9,11-13H2,1-3H3,(H2,20,21,22);1H. The number of hydrogen-bond donors (Lipinski definition) is 3. The topological polar surface area (TPSA) is 69.1 Å². The number of hydrogen-bond acceptors (Lipinski definition) is 4. The van der Waals surface area contributed by atoms with E-state index in [4.69, 9.17) is 9.84 Å². The lowest BCUT2D eigenvalue weighted by atomic mass is 10.0. The van der Waals surface area contributed by atoms with Crippen LogP contribution in [-0.2, 0) is 17.9 Å². The lowest BCUT2D eigenvalue weighted by Crippen LogP contribution is -2.56. The van der Waals surface area contributed by atoms with Crippen LogP contribution < -0.4 is 10.6 Å². The van der Waals surface area contributed by atoms with Gasteiger partial charge in [-0.05, 0) is 31.5 Å². The molecule has 1 aromatic rings. The lowest BCUT2D eigenvalue weighted by Gasteiger charge is -2.41. The summed E-state index contributed by atoms with van der Waals surface area (Å²) in [6.07, 6.45) is 0. The van der Waals surface area contributed by atoms with E-state index in [0.717, 1.165) is 38.4 Å². The summed E-state index contributed by atoms with van der Waals surface area (Å²) >= 11 is 0. The number of ether oxygens (including phenoxy) is 1. The maximum absolute atomic E-state index is 13.4. The first-order valence-electron chi connectivity index (χ1n) is 8.62. The molecule has 148 valence electrons. The fourth-order valence-electron chi connectivity index (χ4n) is 2.85. The predicted molar refractivity (Wildman–Crippen MR) is 112 cm³/mol. The molecule has 1 aromatic carbocycles. The molecule has 6 nitrogen and oxygen atoms in total. The van der Waals surface area contributed by atoms with Crippen molar-refractivity contribution >= 4 is 29.9 Å². The van der Waals surface area contributed by atoms with Crippen molar-refractivity contribution in [2.45, 2.75) is 32.5 Å². The highest BCUT2D eigenvalue weighted by Crippen LogP contribution is 2.15. The maximum atomic E-state index is 13.4. The van der Waals surface area contributed by atoms with Gasteiger partial charge in [-0.15, -0.1) is 24.0 Å². The molecule has 2 rings (SSSR count). The smallest absolute Gasteiger partial charge is 0.191 e.